The van der Waals surface area contributed by atoms with Crippen molar-refractivity contribution < 1.29 is 4.39 Å². The molecule has 0 aliphatic heterocycles. The Balaban J connectivity index is 1.87. The van der Waals surface area contributed by atoms with Gasteiger partial charge in [0.15, 0.2) is 12.0 Å². The van der Waals surface area contributed by atoms with E-state index < -0.39 is 6.17 Å². The number of halogens is 1. The summed E-state index contributed by atoms with van der Waals surface area (Å²) in [6.07, 6.45) is 0.708. The third-order valence-electron chi connectivity index (χ3n) is 3.71. The average Bonchev–Trinajstić information content (AvgIpc) is 2.80. The molecule has 1 aromatic heterocycles. The van der Waals surface area contributed by atoms with Gasteiger partial charge in [0.25, 0.3) is 0 Å². The monoisotopic (exact) mass is 287 g/mol. The lowest BCUT2D eigenvalue weighted by Crippen LogP contribution is -2.13. The van der Waals surface area contributed by atoms with Gasteiger partial charge in [-0.15, -0.1) is 0 Å². The Kier molecular flexibility index (Phi) is 3.45. The Morgan fingerprint density at radius 2 is 2.14 bits per heavy atom. The molecule has 1 heterocycles. The maximum Gasteiger partial charge on any atom is 0.228 e. The molecule has 0 fully saturated rings. The number of aryl methyl sites for hydroxylation is 2. The number of alkyl halides is 1. The minimum Gasteiger partial charge on any atom is -0.368 e. The molecule has 3 N–H and O–H groups in total. The molecule has 1 aliphatic rings. The van der Waals surface area contributed by atoms with Crippen molar-refractivity contribution in [2.24, 2.45) is 0 Å². The number of nitrogens with one attached hydrogen (secondary N) is 1. The molecule has 21 heavy (non-hydrogen) atoms. The van der Waals surface area contributed by atoms with E-state index in [4.69, 9.17) is 5.73 Å². The van der Waals surface area contributed by atoms with Crippen LogP contribution in [0.2, 0.25) is 0 Å². The van der Waals surface area contributed by atoms with Gasteiger partial charge in [-0.1, -0.05) is 23.8 Å². The molecule has 0 saturated heterocycles. The summed E-state index contributed by atoms with van der Waals surface area (Å²) < 4.78 is 13.4. The first-order valence-electron chi connectivity index (χ1n) is 7.04. The second-order valence-electron chi connectivity index (χ2n) is 5.43. The zero-order valence-electron chi connectivity index (χ0n) is 12.1. The van der Waals surface area contributed by atoms with E-state index in [9.17, 15) is 4.39 Å². The van der Waals surface area contributed by atoms with Gasteiger partial charge >= 0.3 is 0 Å². The number of benzene rings is 1. The van der Waals surface area contributed by atoms with Crippen molar-refractivity contribution in [3.63, 3.8) is 0 Å². The van der Waals surface area contributed by atoms with E-state index in [1.54, 1.807) is 0 Å². The number of nitrogen functional groups attached to an aromatic ring is 1. The van der Waals surface area contributed by atoms with Gasteiger partial charge < -0.3 is 11.1 Å². The van der Waals surface area contributed by atoms with Gasteiger partial charge in [0.05, 0.1) is 6.04 Å². The van der Waals surface area contributed by atoms with Crippen LogP contribution in [0.1, 0.15) is 48.1 Å². The van der Waals surface area contributed by atoms with Crippen LogP contribution in [0.15, 0.2) is 18.2 Å². The lowest BCUT2D eigenvalue weighted by molar-refractivity contribution is 0.356. The van der Waals surface area contributed by atoms with E-state index in [-0.39, 0.29) is 17.8 Å². The molecular weight excluding hydrogens is 269 g/mol. The van der Waals surface area contributed by atoms with Crippen molar-refractivity contribution in [1.82, 2.24) is 15.0 Å². The van der Waals surface area contributed by atoms with Crippen molar-refractivity contribution in [3.8, 4) is 0 Å². The highest BCUT2D eigenvalue weighted by Gasteiger charge is 2.23. The van der Waals surface area contributed by atoms with Gasteiger partial charge in [-0.2, -0.15) is 15.0 Å². The van der Waals surface area contributed by atoms with Crippen LogP contribution in [0, 0.1) is 6.92 Å². The summed E-state index contributed by atoms with van der Waals surface area (Å²) in [6, 6.07) is 6.57. The van der Waals surface area contributed by atoms with Crippen LogP contribution in [0.25, 0.3) is 0 Å². The van der Waals surface area contributed by atoms with Gasteiger partial charge in [-0.05, 0) is 37.8 Å². The topological polar surface area (TPSA) is 76.7 Å². The van der Waals surface area contributed by atoms with Gasteiger partial charge in [0.2, 0.25) is 11.9 Å². The van der Waals surface area contributed by atoms with Crippen molar-refractivity contribution >= 4 is 11.9 Å². The average molecular weight is 287 g/mol. The highest BCUT2D eigenvalue weighted by Crippen LogP contribution is 2.33. The summed E-state index contributed by atoms with van der Waals surface area (Å²) in [5, 5.41) is 3.25. The zero-order valence-corrected chi connectivity index (χ0v) is 12.1. The minimum absolute atomic E-state index is 0.0365. The smallest absolute Gasteiger partial charge is 0.228 e. The summed E-state index contributed by atoms with van der Waals surface area (Å²) in [5.41, 5.74) is 9.43. The van der Waals surface area contributed by atoms with Gasteiger partial charge in [-0.25, -0.2) is 4.39 Å². The third-order valence-corrected chi connectivity index (χ3v) is 3.71. The lowest BCUT2D eigenvalue weighted by atomic mass is 10.1. The van der Waals surface area contributed by atoms with Crippen LogP contribution in [-0.4, -0.2) is 15.0 Å². The summed E-state index contributed by atoms with van der Waals surface area (Å²) >= 11 is 0. The number of fused-ring (bicyclic) bond motifs is 1. The van der Waals surface area contributed by atoms with E-state index in [2.05, 4.69) is 45.4 Å². The number of anilines is 2. The van der Waals surface area contributed by atoms with E-state index >= 15 is 0 Å². The molecule has 1 unspecified atom stereocenters. The largest absolute Gasteiger partial charge is 0.368 e. The molecule has 0 radical (unpaired) electrons. The number of aromatic nitrogens is 3. The number of rotatable bonds is 3. The summed E-state index contributed by atoms with van der Waals surface area (Å²) in [7, 11) is 0. The maximum atomic E-state index is 13.4. The SMILES string of the molecule is Cc1ccc2c(c1)[C@H](Nc1nc(N)nc(C(C)F)n1)CC2. The molecule has 6 heteroatoms. The molecule has 0 amide bonds. The minimum atomic E-state index is -1.27. The molecule has 5 nitrogen and oxygen atoms in total. The Morgan fingerprint density at radius 1 is 1.33 bits per heavy atom. The van der Waals surface area contributed by atoms with Crippen LogP contribution in [-0.2, 0) is 6.42 Å². The normalized spacial score (nSPS) is 18.3. The molecule has 2 atom stereocenters. The molecular formula is C15H18FN5. The molecule has 0 bridgehead atoms. The Morgan fingerprint density at radius 3 is 2.90 bits per heavy atom. The quantitative estimate of drug-likeness (QED) is 0.907. The van der Waals surface area contributed by atoms with Gasteiger partial charge in [-0.3, -0.25) is 0 Å². The summed E-state index contributed by atoms with van der Waals surface area (Å²) in [5.74, 6) is 0.434. The fraction of sp³-hybridized carbons (Fsp3) is 0.400. The Labute approximate surface area is 122 Å². The summed E-state index contributed by atoms with van der Waals surface area (Å²) in [4.78, 5) is 12.0. The molecule has 1 aliphatic carbocycles. The third kappa shape index (κ3) is 2.79. The van der Waals surface area contributed by atoms with Crippen LogP contribution in [0.4, 0.5) is 16.3 Å². The maximum absolute atomic E-state index is 13.4. The molecule has 0 spiro atoms. The van der Waals surface area contributed by atoms with Crippen LogP contribution < -0.4 is 11.1 Å². The van der Waals surface area contributed by atoms with Crippen LogP contribution in [0.5, 0.6) is 0 Å². The Hall–Kier alpha value is -2.24. The Bertz CT molecular complexity index is 671. The van der Waals surface area contributed by atoms with Gasteiger partial charge in [0.1, 0.15) is 0 Å². The van der Waals surface area contributed by atoms with Crippen molar-refractivity contribution in [2.45, 2.75) is 38.9 Å². The second-order valence-corrected chi connectivity index (χ2v) is 5.43. The number of hydrogen-bond donors (Lipinski definition) is 2. The van der Waals surface area contributed by atoms with E-state index in [1.807, 2.05) is 0 Å². The first-order valence-corrected chi connectivity index (χ1v) is 7.04. The second kappa shape index (κ2) is 5.27. The highest BCUT2D eigenvalue weighted by molar-refractivity contribution is 5.43. The van der Waals surface area contributed by atoms with Crippen molar-refractivity contribution in [1.29, 1.82) is 0 Å². The number of nitrogens with zero attached hydrogens (tertiary/aromatic N) is 3. The molecule has 2 aromatic rings. The number of nitrogens with two attached hydrogens (primary N) is 1. The first kappa shape index (κ1) is 13.7. The number of hydrogen-bond acceptors (Lipinski definition) is 5. The first-order chi connectivity index (χ1) is 10.0. The molecule has 0 saturated carbocycles. The fourth-order valence-corrected chi connectivity index (χ4v) is 2.68. The molecule has 1 aromatic carbocycles. The van der Waals surface area contributed by atoms with Gasteiger partial charge in [0, 0.05) is 0 Å². The predicted octanol–water partition coefficient (Wildman–Crippen LogP) is 2.89. The van der Waals surface area contributed by atoms with Crippen LogP contribution >= 0.6 is 0 Å². The highest BCUT2D eigenvalue weighted by atomic mass is 19.1. The zero-order chi connectivity index (χ0) is 15.0. The standard InChI is InChI=1S/C15H18FN5/c1-8-3-4-10-5-6-12(11(10)7-8)18-15-20-13(9(2)16)19-14(17)21-15/h3-4,7,9,12H,5-6H2,1-2H3,(H3,17,18,19,20,21)/t9?,12-/m1/s1. The van der Waals surface area contributed by atoms with E-state index in [1.165, 1.54) is 23.6 Å². The lowest BCUT2D eigenvalue weighted by Gasteiger charge is -2.15. The van der Waals surface area contributed by atoms with E-state index in [0.29, 0.717) is 5.95 Å². The molecule has 3 rings (SSSR count). The summed E-state index contributed by atoms with van der Waals surface area (Å²) in [6.45, 7) is 3.45. The van der Waals surface area contributed by atoms with E-state index in [0.717, 1.165) is 12.8 Å². The van der Waals surface area contributed by atoms with Crippen molar-refractivity contribution in [3.05, 3.63) is 40.7 Å². The van der Waals surface area contributed by atoms with Crippen molar-refractivity contribution in [2.75, 3.05) is 11.1 Å². The molecule has 110 valence electrons. The predicted molar refractivity (Wildman–Crippen MR) is 79.6 cm³/mol. The van der Waals surface area contributed by atoms with Crippen LogP contribution in [0.3, 0.4) is 0 Å². The fourth-order valence-electron chi connectivity index (χ4n) is 2.68.